The van der Waals surface area contributed by atoms with Crippen molar-refractivity contribution in [1.82, 2.24) is 4.90 Å². The van der Waals surface area contributed by atoms with Gasteiger partial charge in [-0.05, 0) is 30.5 Å². The van der Waals surface area contributed by atoms with E-state index in [9.17, 15) is 36.2 Å². The Labute approximate surface area is 132 Å². The summed E-state index contributed by atoms with van der Waals surface area (Å²) in [5.41, 5.74) is -3.85. The number of hydrogen-bond acceptors (Lipinski definition) is 2. The summed E-state index contributed by atoms with van der Waals surface area (Å²) in [5.74, 6) is -1.09. The molecule has 132 valence electrons. The summed E-state index contributed by atoms with van der Waals surface area (Å²) in [5, 5.41) is 9.56. The molecule has 0 bridgehead atoms. The highest BCUT2D eigenvalue weighted by Crippen LogP contribution is 2.42. The minimum Gasteiger partial charge on any atom is -0.393 e. The van der Waals surface area contributed by atoms with Crippen LogP contribution < -0.4 is 0 Å². The van der Waals surface area contributed by atoms with E-state index in [1.165, 1.54) is 4.90 Å². The van der Waals surface area contributed by atoms with Gasteiger partial charge in [0, 0.05) is 19.0 Å². The third-order valence-corrected chi connectivity index (χ3v) is 4.70. The van der Waals surface area contributed by atoms with Crippen LogP contribution in [-0.4, -0.2) is 35.1 Å². The van der Waals surface area contributed by atoms with Gasteiger partial charge in [-0.25, -0.2) is 0 Å². The van der Waals surface area contributed by atoms with Crippen LogP contribution in [0.2, 0.25) is 0 Å². The summed E-state index contributed by atoms with van der Waals surface area (Å²) in [6, 6.07) is 1.01. The molecule has 1 aromatic rings. The van der Waals surface area contributed by atoms with Crippen LogP contribution in [0.5, 0.6) is 0 Å². The molecule has 3 atom stereocenters. The zero-order valence-electron chi connectivity index (χ0n) is 12.2. The van der Waals surface area contributed by atoms with Gasteiger partial charge in [0.05, 0.1) is 22.8 Å². The fraction of sp³-hybridized carbons (Fsp3) is 0.533. The lowest BCUT2D eigenvalue weighted by molar-refractivity contribution is -0.143. The maximum Gasteiger partial charge on any atom is 0.417 e. The lowest BCUT2D eigenvalue weighted by Crippen LogP contribution is -2.39. The fourth-order valence-electron chi connectivity index (χ4n) is 3.35. The third kappa shape index (κ3) is 2.85. The number of likely N-dealkylation sites (tertiary alicyclic amines) is 1. The SMILES string of the molecule is O=C(c1ccc(C(F)(F)F)cc1C(F)(F)F)N1C[C@H]2C[C@H](O)[C@H]2C1. The van der Waals surface area contributed by atoms with Crippen molar-refractivity contribution < 1.29 is 36.2 Å². The normalized spacial score (nSPS) is 27.0. The average molecular weight is 353 g/mol. The maximum atomic E-state index is 13.1. The zero-order chi connectivity index (χ0) is 17.9. The van der Waals surface area contributed by atoms with Crippen LogP contribution in [0.3, 0.4) is 0 Å². The Hall–Kier alpha value is -1.77. The van der Waals surface area contributed by atoms with E-state index in [4.69, 9.17) is 0 Å². The number of amides is 1. The summed E-state index contributed by atoms with van der Waals surface area (Å²) in [6.07, 6.45) is -10.1. The quantitative estimate of drug-likeness (QED) is 0.788. The van der Waals surface area contributed by atoms with Crippen molar-refractivity contribution in [3.8, 4) is 0 Å². The summed E-state index contributed by atoms with van der Waals surface area (Å²) in [7, 11) is 0. The van der Waals surface area contributed by atoms with Crippen LogP contribution in [0, 0.1) is 11.8 Å². The second-order valence-corrected chi connectivity index (χ2v) is 6.19. The van der Waals surface area contributed by atoms with Gasteiger partial charge in [0.2, 0.25) is 0 Å². The number of aliphatic hydroxyl groups excluding tert-OH is 1. The Balaban J connectivity index is 1.94. The van der Waals surface area contributed by atoms with Crippen LogP contribution in [0.25, 0.3) is 0 Å². The largest absolute Gasteiger partial charge is 0.417 e. The number of rotatable bonds is 1. The molecule has 3 rings (SSSR count). The van der Waals surface area contributed by atoms with Crippen molar-refractivity contribution in [2.45, 2.75) is 24.9 Å². The Morgan fingerprint density at radius 2 is 1.75 bits per heavy atom. The molecule has 1 amide bonds. The van der Waals surface area contributed by atoms with E-state index in [2.05, 4.69) is 0 Å². The Kier molecular flexibility index (Phi) is 3.82. The third-order valence-electron chi connectivity index (χ3n) is 4.70. The second-order valence-electron chi connectivity index (χ2n) is 6.19. The molecule has 9 heteroatoms. The van der Waals surface area contributed by atoms with Gasteiger partial charge < -0.3 is 10.0 Å². The van der Waals surface area contributed by atoms with Gasteiger partial charge >= 0.3 is 12.4 Å². The van der Waals surface area contributed by atoms with E-state index in [0.717, 1.165) is 0 Å². The van der Waals surface area contributed by atoms with Crippen LogP contribution >= 0.6 is 0 Å². The van der Waals surface area contributed by atoms with E-state index in [1.54, 1.807) is 0 Å². The van der Waals surface area contributed by atoms with Crippen LogP contribution in [-0.2, 0) is 12.4 Å². The van der Waals surface area contributed by atoms with Crippen molar-refractivity contribution in [2.75, 3.05) is 13.1 Å². The maximum absolute atomic E-state index is 13.1. The molecule has 0 radical (unpaired) electrons. The molecule has 0 unspecified atom stereocenters. The van der Waals surface area contributed by atoms with Crippen molar-refractivity contribution in [3.63, 3.8) is 0 Å². The number of halogens is 6. The summed E-state index contributed by atoms with van der Waals surface area (Å²) < 4.78 is 77.3. The molecule has 24 heavy (non-hydrogen) atoms. The van der Waals surface area contributed by atoms with Gasteiger partial charge in [-0.2, -0.15) is 26.3 Å². The van der Waals surface area contributed by atoms with Crippen molar-refractivity contribution in [2.24, 2.45) is 11.8 Å². The predicted molar refractivity (Wildman–Crippen MR) is 70.0 cm³/mol. The van der Waals surface area contributed by atoms with Crippen molar-refractivity contribution in [1.29, 1.82) is 0 Å². The first kappa shape index (κ1) is 17.1. The first-order valence-electron chi connectivity index (χ1n) is 7.24. The molecule has 0 aromatic heterocycles. The number of carbonyl (C=O) groups excluding carboxylic acids is 1. The molecule has 1 heterocycles. The summed E-state index contributed by atoms with van der Waals surface area (Å²) in [6.45, 7) is 0.321. The van der Waals surface area contributed by atoms with E-state index < -0.39 is 41.1 Å². The number of alkyl halides is 6. The molecule has 2 fully saturated rings. The molecule has 1 saturated carbocycles. The van der Waals surface area contributed by atoms with Crippen molar-refractivity contribution >= 4 is 5.91 Å². The highest BCUT2D eigenvalue weighted by molar-refractivity contribution is 5.96. The van der Waals surface area contributed by atoms with E-state index in [-0.39, 0.29) is 31.0 Å². The molecule has 1 N–H and O–H groups in total. The number of nitrogens with zero attached hydrogens (tertiary/aromatic N) is 1. The molecular weight excluding hydrogens is 340 g/mol. The lowest BCUT2D eigenvalue weighted by atomic mass is 9.74. The van der Waals surface area contributed by atoms with E-state index in [1.807, 2.05) is 0 Å². The smallest absolute Gasteiger partial charge is 0.393 e. The molecule has 1 aliphatic carbocycles. The van der Waals surface area contributed by atoms with Gasteiger partial charge in [0.15, 0.2) is 0 Å². The molecule has 3 nitrogen and oxygen atoms in total. The molecule has 1 aliphatic heterocycles. The average Bonchev–Trinajstić information content (AvgIpc) is 2.81. The Morgan fingerprint density at radius 1 is 1.08 bits per heavy atom. The Bertz CT molecular complexity index is 669. The first-order chi connectivity index (χ1) is 11.0. The monoisotopic (exact) mass is 353 g/mol. The molecule has 0 spiro atoms. The number of benzene rings is 1. The highest BCUT2D eigenvalue weighted by atomic mass is 19.4. The molecule has 2 aliphatic rings. The van der Waals surface area contributed by atoms with E-state index >= 15 is 0 Å². The zero-order valence-corrected chi connectivity index (χ0v) is 12.2. The molecule has 1 saturated heterocycles. The van der Waals surface area contributed by atoms with Crippen LogP contribution in [0.4, 0.5) is 26.3 Å². The number of aliphatic hydroxyl groups is 1. The minimum atomic E-state index is -5.08. The first-order valence-corrected chi connectivity index (χ1v) is 7.24. The van der Waals surface area contributed by atoms with Gasteiger partial charge in [-0.1, -0.05) is 0 Å². The minimum absolute atomic E-state index is 0.0349. The van der Waals surface area contributed by atoms with Gasteiger partial charge in [-0.15, -0.1) is 0 Å². The highest BCUT2D eigenvalue weighted by Gasteiger charge is 2.48. The number of hydrogen-bond donors (Lipinski definition) is 1. The number of fused-ring (bicyclic) bond motifs is 1. The standard InChI is InChI=1S/C15H13F6NO2/c16-14(17,18)8-1-2-9(11(4-8)15(19,20)21)13(24)22-5-7-3-12(23)10(7)6-22/h1-2,4,7,10,12,23H,3,5-6H2/t7-,10+,12+/m1/s1. The molecule has 1 aromatic carbocycles. The summed E-state index contributed by atoms with van der Waals surface area (Å²) >= 11 is 0. The van der Waals surface area contributed by atoms with E-state index in [0.29, 0.717) is 18.6 Å². The predicted octanol–water partition coefficient (Wildman–Crippen LogP) is 3.18. The van der Waals surface area contributed by atoms with Gasteiger partial charge in [0.1, 0.15) is 0 Å². The summed E-state index contributed by atoms with van der Waals surface area (Å²) in [4.78, 5) is 13.5. The topological polar surface area (TPSA) is 40.5 Å². The van der Waals surface area contributed by atoms with Gasteiger partial charge in [-0.3, -0.25) is 4.79 Å². The Morgan fingerprint density at radius 3 is 2.25 bits per heavy atom. The molecular formula is C15H13F6NO2. The van der Waals surface area contributed by atoms with Crippen molar-refractivity contribution in [3.05, 3.63) is 34.9 Å². The van der Waals surface area contributed by atoms with Gasteiger partial charge in [0.25, 0.3) is 5.91 Å². The van der Waals surface area contributed by atoms with Crippen LogP contribution in [0.1, 0.15) is 27.9 Å². The fourth-order valence-corrected chi connectivity index (χ4v) is 3.35. The lowest BCUT2D eigenvalue weighted by Gasteiger charge is -2.34. The second kappa shape index (κ2) is 5.37. The van der Waals surface area contributed by atoms with Crippen LogP contribution in [0.15, 0.2) is 18.2 Å². The number of carbonyl (C=O) groups is 1.